The summed E-state index contributed by atoms with van der Waals surface area (Å²) in [7, 11) is 0. The molecule has 33 heavy (non-hydrogen) atoms. The molecule has 0 radical (unpaired) electrons. The Bertz CT molecular complexity index is 956. The SMILES string of the molecule is Cl.O=C(O)COc1c(Cl)cc(N=Cc2ccc(N3CCC4(CCCCC4)CC3)cc2)cc1Cl. The molecule has 0 aromatic heterocycles. The molecule has 0 atom stereocenters. The lowest BCUT2D eigenvalue weighted by Gasteiger charge is -2.45. The van der Waals surface area contributed by atoms with Gasteiger partial charge >= 0.3 is 5.97 Å². The number of ether oxygens (including phenoxy) is 1. The molecule has 178 valence electrons. The minimum absolute atomic E-state index is 0. The van der Waals surface area contributed by atoms with Gasteiger partial charge in [-0.1, -0.05) is 54.6 Å². The zero-order chi connectivity index (χ0) is 22.6. The van der Waals surface area contributed by atoms with Gasteiger partial charge in [0.25, 0.3) is 0 Å². The summed E-state index contributed by atoms with van der Waals surface area (Å²) in [4.78, 5) is 17.6. The van der Waals surface area contributed by atoms with E-state index in [4.69, 9.17) is 33.0 Å². The number of nitrogens with zero attached hydrogens (tertiary/aromatic N) is 2. The summed E-state index contributed by atoms with van der Waals surface area (Å²) in [5.74, 6) is -0.948. The number of hydrogen-bond donors (Lipinski definition) is 1. The zero-order valence-corrected chi connectivity index (χ0v) is 20.8. The zero-order valence-electron chi connectivity index (χ0n) is 18.4. The Kier molecular flexibility index (Phi) is 8.91. The number of carbonyl (C=O) groups is 1. The van der Waals surface area contributed by atoms with E-state index in [0.29, 0.717) is 11.1 Å². The van der Waals surface area contributed by atoms with Crippen molar-refractivity contribution in [1.29, 1.82) is 0 Å². The highest BCUT2D eigenvalue weighted by molar-refractivity contribution is 6.37. The Balaban J connectivity index is 0.00000306. The predicted molar refractivity (Wildman–Crippen MR) is 138 cm³/mol. The molecule has 0 bridgehead atoms. The Morgan fingerprint density at radius 1 is 1.03 bits per heavy atom. The first-order valence-electron chi connectivity index (χ1n) is 11.2. The van der Waals surface area contributed by atoms with E-state index in [1.54, 1.807) is 18.3 Å². The van der Waals surface area contributed by atoms with Crippen LogP contribution in [0.4, 0.5) is 11.4 Å². The van der Waals surface area contributed by atoms with Gasteiger partial charge < -0.3 is 14.7 Å². The summed E-state index contributed by atoms with van der Waals surface area (Å²) in [5.41, 5.74) is 3.42. The molecule has 2 fully saturated rings. The van der Waals surface area contributed by atoms with Gasteiger partial charge in [0.05, 0.1) is 15.7 Å². The molecule has 1 N–H and O–H groups in total. The van der Waals surface area contributed by atoms with E-state index in [0.717, 1.165) is 18.7 Å². The Morgan fingerprint density at radius 3 is 2.21 bits per heavy atom. The van der Waals surface area contributed by atoms with Crippen molar-refractivity contribution in [2.24, 2.45) is 10.4 Å². The van der Waals surface area contributed by atoms with Crippen LogP contribution < -0.4 is 9.64 Å². The van der Waals surface area contributed by atoms with Crippen molar-refractivity contribution in [2.45, 2.75) is 44.9 Å². The number of rotatable bonds is 6. The van der Waals surface area contributed by atoms with Crippen molar-refractivity contribution < 1.29 is 14.6 Å². The minimum atomic E-state index is -1.10. The van der Waals surface area contributed by atoms with Gasteiger partial charge in [0.15, 0.2) is 12.4 Å². The summed E-state index contributed by atoms with van der Waals surface area (Å²) in [6, 6.07) is 11.6. The number of halogens is 3. The number of anilines is 1. The summed E-state index contributed by atoms with van der Waals surface area (Å²) in [5, 5.41) is 9.19. The average molecular weight is 512 g/mol. The number of benzene rings is 2. The van der Waals surface area contributed by atoms with Crippen LogP contribution in [-0.4, -0.2) is 37.0 Å². The summed E-state index contributed by atoms with van der Waals surface area (Å²) in [6.45, 7) is 1.77. The lowest BCUT2D eigenvalue weighted by Crippen LogP contribution is -2.41. The number of carboxylic acids is 1. The summed E-state index contributed by atoms with van der Waals surface area (Å²) < 4.78 is 5.13. The molecule has 2 aromatic carbocycles. The third-order valence-corrected chi connectivity index (χ3v) is 7.24. The second kappa shape index (κ2) is 11.5. The molecule has 1 aliphatic heterocycles. The van der Waals surface area contributed by atoms with Crippen LogP contribution in [0, 0.1) is 5.41 Å². The van der Waals surface area contributed by atoms with E-state index in [9.17, 15) is 4.79 Å². The molecule has 8 heteroatoms. The van der Waals surface area contributed by atoms with E-state index in [2.05, 4.69) is 34.2 Å². The lowest BCUT2D eigenvalue weighted by molar-refractivity contribution is -0.139. The maximum Gasteiger partial charge on any atom is 0.341 e. The number of piperidine rings is 1. The van der Waals surface area contributed by atoms with Crippen molar-refractivity contribution in [3.05, 3.63) is 52.0 Å². The highest BCUT2D eigenvalue weighted by Gasteiger charge is 2.35. The number of aliphatic imine (C=N–C) groups is 1. The van der Waals surface area contributed by atoms with Crippen LogP contribution in [0.25, 0.3) is 0 Å². The van der Waals surface area contributed by atoms with Gasteiger partial charge in [-0.2, -0.15) is 0 Å². The van der Waals surface area contributed by atoms with Crippen LogP contribution in [0.15, 0.2) is 41.4 Å². The van der Waals surface area contributed by atoms with E-state index < -0.39 is 12.6 Å². The summed E-state index contributed by atoms with van der Waals surface area (Å²) >= 11 is 12.4. The molecule has 4 rings (SSSR count). The van der Waals surface area contributed by atoms with Crippen molar-refractivity contribution in [2.75, 3.05) is 24.6 Å². The van der Waals surface area contributed by atoms with Crippen molar-refractivity contribution >= 4 is 59.2 Å². The molecule has 1 heterocycles. The van der Waals surface area contributed by atoms with E-state index in [-0.39, 0.29) is 28.2 Å². The molecular weight excluding hydrogens is 483 g/mol. The van der Waals surface area contributed by atoms with Gasteiger partial charge in [0, 0.05) is 25.0 Å². The number of aliphatic carboxylic acids is 1. The van der Waals surface area contributed by atoms with Gasteiger partial charge in [-0.25, -0.2) is 4.79 Å². The molecule has 2 aromatic rings. The first-order valence-corrected chi connectivity index (χ1v) is 11.9. The fraction of sp³-hybridized carbons (Fsp3) is 0.440. The molecule has 0 amide bonds. The van der Waals surface area contributed by atoms with Crippen molar-refractivity contribution in [3.8, 4) is 5.75 Å². The number of carboxylic acid groups (broad SMARTS) is 1. The van der Waals surface area contributed by atoms with E-state index in [1.807, 2.05) is 0 Å². The van der Waals surface area contributed by atoms with Crippen LogP contribution >= 0.6 is 35.6 Å². The smallest absolute Gasteiger partial charge is 0.341 e. The standard InChI is InChI=1S/C25H28Cl2N2O3.ClH/c26-21-14-19(15-22(27)24(21)32-17-23(30)31)28-16-18-4-6-20(7-5-18)29-12-10-25(11-13-29)8-2-1-3-9-25;/h4-7,14-16H,1-3,8-13,17H2,(H,30,31);1H. The first kappa shape index (κ1) is 25.7. The van der Waals surface area contributed by atoms with Gasteiger partial charge in [-0.3, -0.25) is 4.99 Å². The van der Waals surface area contributed by atoms with Gasteiger partial charge in [0.1, 0.15) is 0 Å². The predicted octanol–water partition coefficient (Wildman–Crippen LogP) is 7.18. The normalized spacial score (nSPS) is 17.7. The fourth-order valence-electron chi connectivity index (χ4n) is 4.85. The molecular formula is C25H29Cl3N2O3. The van der Waals surface area contributed by atoms with Crippen molar-refractivity contribution in [3.63, 3.8) is 0 Å². The maximum absolute atomic E-state index is 10.7. The third-order valence-electron chi connectivity index (χ3n) is 6.68. The highest BCUT2D eigenvalue weighted by Crippen LogP contribution is 2.45. The van der Waals surface area contributed by atoms with Gasteiger partial charge in [-0.15, -0.1) is 12.4 Å². The molecule has 1 saturated heterocycles. The van der Waals surface area contributed by atoms with E-state index in [1.165, 1.54) is 50.6 Å². The second-order valence-corrected chi connectivity index (χ2v) is 9.63. The topological polar surface area (TPSA) is 62.1 Å². The van der Waals surface area contributed by atoms with E-state index >= 15 is 0 Å². The Labute approximate surface area is 211 Å². The largest absolute Gasteiger partial charge is 0.479 e. The molecule has 1 spiro atoms. The summed E-state index contributed by atoms with van der Waals surface area (Å²) in [6.07, 6.45) is 11.4. The van der Waals surface area contributed by atoms with Crippen LogP contribution in [0.5, 0.6) is 5.75 Å². The van der Waals surface area contributed by atoms with Gasteiger partial charge in [0.2, 0.25) is 0 Å². The van der Waals surface area contributed by atoms with Crippen LogP contribution in [0.2, 0.25) is 10.0 Å². The Hall–Kier alpha value is -1.95. The molecule has 0 unspecified atom stereocenters. The molecule has 1 saturated carbocycles. The Morgan fingerprint density at radius 2 is 1.64 bits per heavy atom. The van der Waals surface area contributed by atoms with Crippen LogP contribution in [-0.2, 0) is 4.79 Å². The minimum Gasteiger partial charge on any atom is -0.479 e. The molecule has 1 aliphatic carbocycles. The molecule has 2 aliphatic rings. The van der Waals surface area contributed by atoms with Crippen molar-refractivity contribution in [1.82, 2.24) is 0 Å². The van der Waals surface area contributed by atoms with Crippen LogP contribution in [0.1, 0.15) is 50.5 Å². The average Bonchev–Trinajstić information content (AvgIpc) is 2.78. The van der Waals surface area contributed by atoms with Gasteiger partial charge in [-0.05, 0) is 60.9 Å². The fourth-order valence-corrected chi connectivity index (χ4v) is 5.44. The maximum atomic E-state index is 10.7. The first-order chi connectivity index (χ1) is 15.4. The third kappa shape index (κ3) is 6.56. The second-order valence-electron chi connectivity index (χ2n) is 8.82. The molecule has 5 nitrogen and oxygen atoms in total. The number of hydrogen-bond acceptors (Lipinski definition) is 4. The monoisotopic (exact) mass is 510 g/mol. The highest BCUT2D eigenvalue weighted by atomic mass is 35.5. The quantitative estimate of drug-likeness (QED) is 0.417. The lowest BCUT2D eigenvalue weighted by atomic mass is 9.68. The van der Waals surface area contributed by atoms with Crippen LogP contribution in [0.3, 0.4) is 0 Å².